The van der Waals surface area contributed by atoms with Crippen molar-refractivity contribution < 1.29 is 9.13 Å². The van der Waals surface area contributed by atoms with Crippen molar-refractivity contribution in [3.8, 4) is 5.75 Å². The molecule has 0 fully saturated rings. The van der Waals surface area contributed by atoms with Gasteiger partial charge in [0, 0.05) is 11.6 Å². The second kappa shape index (κ2) is 4.03. The zero-order valence-electron chi connectivity index (χ0n) is 8.13. The molecule has 1 heterocycles. The van der Waals surface area contributed by atoms with Gasteiger partial charge in [0.15, 0.2) is 11.6 Å². The summed E-state index contributed by atoms with van der Waals surface area (Å²) in [6.45, 7) is 2.24. The Kier molecular flexibility index (Phi) is 2.73. The van der Waals surface area contributed by atoms with Crippen LogP contribution in [0.4, 0.5) is 4.39 Å². The third-order valence-corrected chi connectivity index (χ3v) is 2.37. The van der Waals surface area contributed by atoms with Crippen molar-refractivity contribution >= 4 is 22.4 Å². The van der Waals surface area contributed by atoms with E-state index in [9.17, 15) is 4.39 Å². The lowest BCUT2D eigenvalue weighted by Gasteiger charge is -2.06. The van der Waals surface area contributed by atoms with Crippen LogP contribution in [-0.2, 0) is 0 Å². The number of fused-ring (bicyclic) bond motifs is 1. The van der Waals surface area contributed by atoms with E-state index in [4.69, 9.17) is 16.3 Å². The average Bonchev–Trinajstić information content (AvgIpc) is 2.21. The predicted octanol–water partition coefficient (Wildman–Crippen LogP) is 3.43. The Balaban J connectivity index is 2.65. The van der Waals surface area contributed by atoms with Crippen molar-refractivity contribution in [1.82, 2.24) is 4.98 Å². The van der Waals surface area contributed by atoms with Crippen LogP contribution in [0.3, 0.4) is 0 Å². The number of ether oxygens (including phenoxy) is 1. The van der Waals surface area contributed by atoms with Crippen LogP contribution in [0, 0.1) is 5.82 Å². The number of hydrogen-bond acceptors (Lipinski definition) is 2. The lowest BCUT2D eigenvalue weighted by molar-refractivity contribution is 0.322. The van der Waals surface area contributed by atoms with Gasteiger partial charge < -0.3 is 4.74 Å². The molecule has 2 rings (SSSR count). The first kappa shape index (κ1) is 10.2. The molecule has 15 heavy (non-hydrogen) atoms. The summed E-state index contributed by atoms with van der Waals surface area (Å²) in [5.74, 6) is -0.175. The SMILES string of the molecule is CCOc1cc2ccnc(Cl)c2cc1F. The fourth-order valence-corrected chi connectivity index (χ4v) is 1.62. The number of hydrogen-bond donors (Lipinski definition) is 0. The minimum atomic E-state index is -0.417. The van der Waals surface area contributed by atoms with Crippen molar-refractivity contribution in [3.05, 3.63) is 35.4 Å². The molecule has 1 aromatic carbocycles. The molecule has 2 aromatic rings. The summed E-state index contributed by atoms with van der Waals surface area (Å²) in [6.07, 6.45) is 1.58. The molecule has 0 N–H and O–H groups in total. The minimum Gasteiger partial charge on any atom is -0.491 e. The smallest absolute Gasteiger partial charge is 0.165 e. The maximum atomic E-state index is 13.5. The van der Waals surface area contributed by atoms with Crippen LogP contribution in [0.15, 0.2) is 24.4 Å². The molecule has 78 valence electrons. The molecule has 2 nitrogen and oxygen atoms in total. The summed E-state index contributed by atoms with van der Waals surface area (Å²) >= 11 is 5.84. The van der Waals surface area contributed by atoms with Crippen LogP contribution < -0.4 is 4.74 Å². The maximum Gasteiger partial charge on any atom is 0.165 e. The van der Waals surface area contributed by atoms with Gasteiger partial charge in [-0.3, -0.25) is 0 Å². The summed E-state index contributed by atoms with van der Waals surface area (Å²) in [5.41, 5.74) is 0. The van der Waals surface area contributed by atoms with E-state index in [2.05, 4.69) is 4.98 Å². The molecule has 0 saturated heterocycles. The molecule has 1 aromatic heterocycles. The number of pyridine rings is 1. The van der Waals surface area contributed by atoms with E-state index in [-0.39, 0.29) is 5.75 Å². The molecule has 4 heteroatoms. The molecule has 0 atom stereocenters. The third kappa shape index (κ3) is 1.88. The Bertz CT molecular complexity index is 501. The van der Waals surface area contributed by atoms with Gasteiger partial charge in [-0.25, -0.2) is 9.37 Å². The molecule has 0 spiro atoms. The van der Waals surface area contributed by atoms with Gasteiger partial charge in [-0.1, -0.05) is 11.6 Å². The fraction of sp³-hybridized carbons (Fsp3) is 0.182. The number of benzene rings is 1. The Morgan fingerprint density at radius 2 is 2.27 bits per heavy atom. The van der Waals surface area contributed by atoms with E-state index in [1.54, 1.807) is 18.3 Å². The monoisotopic (exact) mass is 225 g/mol. The highest BCUT2D eigenvalue weighted by molar-refractivity contribution is 6.34. The van der Waals surface area contributed by atoms with Gasteiger partial charge in [0.25, 0.3) is 0 Å². The Labute approximate surface area is 91.6 Å². The number of halogens is 2. The van der Waals surface area contributed by atoms with Crippen molar-refractivity contribution in [2.75, 3.05) is 6.61 Å². The third-order valence-electron chi connectivity index (χ3n) is 2.07. The van der Waals surface area contributed by atoms with Crippen molar-refractivity contribution in [3.63, 3.8) is 0 Å². The maximum absolute atomic E-state index is 13.5. The zero-order chi connectivity index (χ0) is 10.8. The molecule has 0 aliphatic heterocycles. The highest BCUT2D eigenvalue weighted by atomic mass is 35.5. The summed E-state index contributed by atoms with van der Waals surface area (Å²) in [5, 5.41) is 1.72. The lowest BCUT2D eigenvalue weighted by Crippen LogP contribution is -1.94. The van der Waals surface area contributed by atoms with Gasteiger partial charge in [-0.05, 0) is 30.5 Å². The molecule has 0 radical (unpaired) electrons. The number of nitrogens with zero attached hydrogens (tertiary/aromatic N) is 1. The van der Waals surface area contributed by atoms with E-state index in [1.165, 1.54) is 6.07 Å². The second-order valence-electron chi connectivity index (χ2n) is 3.04. The first-order valence-corrected chi connectivity index (χ1v) is 4.96. The lowest BCUT2D eigenvalue weighted by atomic mass is 10.1. The van der Waals surface area contributed by atoms with Crippen molar-refractivity contribution in [2.24, 2.45) is 0 Å². The van der Waals surface area contributed by atoms with Crippen LogP contribution in [0.2, 0.25) is 5.15 Å². The number of rotatable bonds is 2. The highest BCUT2D eigenvalue weighted by Gasteiger charge is 2.07. The first-order valence-electron chi connectivity index (χ1n) is 4.59. The van der Waals surface area contributed by atoms with Gasteiger partial charge in [0.05, 0.1) is 6.61 Å². The molecule has 0 unspecified atom stereocenters. The normalized spacial score (nSPS) is 10.6. The Hall–Kier alpha value is -1.35. The molecule has 0 aliphatic rings. The largest absolute Gasteiger partial charge is 0.491 e. The van der Waals surface area contributed by atoms with Crippen LogP contribution in [0.1, 0.15) is 6.92 Å². The summed E-state index contributed by atoms with van der Waals surface area (Å²) in [6, 6.07) is 4.74. The zero-order valence-corrected chi connectivity index (χ0v) is 8.88. The van der Waals surface area contributed by atoms with E-state index in [1.807, 2.05) is 6.92 Å². The summed E-state index contributed by atoms with van der Waals surface area (Å²) in [7, 11) is 0. The average molecular weight is 226 g/mol. The molecule has 0 bridgehead atoms. The Morgan fingerprint density at radius 1 is 1.47 bits per heavy atom. The highest BCUT2D eigenvalue weighted by Crippen LogP contribution is 2.28. The minimum absolute atomic E-state index is 0.243. The van der Waals surface area contributed by atoms with Gasteiger partial charge >= 0.3 is 0 Å². The van der Waals surface area contributed by atoms with E-state index < -0.39 is 5.82 Å². The molecule has 0 saturated carbocycles. The van der Waals surface area contributed by atoms with Crippen LogP contribution in [-0.4, -0.2) is 11.6 Å². The van der Waals surface area contributed by atoms with Gasteiger partial charge in [0.2, 0.25) is 0 Å². The predicted molar refractivity (Wildman–Crippen MR) is 57.9 cm³/mol. The molecule has 0 amide bonds. The van der Waals surface area contributed by atoms with E-state index in [0.717, 1.165) is 5.39 Å². The quantitative estimate of drug-likeness (QED) is 0.731. The second-order valence-corrected chi connectivity index (χ2v) is 3.40. The molecular formula is C11H9ClFNO. The first-order chi connectivity index (χ1) is 7.22. The van der Waals surface area contributed by atoms with Crippen molar-refractivity contribution in [2.45, 2.75) is 6.92 Å². The van der Waals surface area contributed by atoms with Gasteiger partial charge in [-0.15, -0.1) is 0 Å². The standard InChI is InChI=1S/C11H9ClFNO/c1-2-15-10-5-7-3-4-14-11(12)8(7)6-9(10)13/h3-6H,2H2,1H3. The van der Waals surface area contributed by atoms with Crippen LogP contribution >= 0.6 is 11.6 Å². The van der Waals surface area contributed by atoms with Gasteiger partial charge in [-0.2, -0.15) is 0 Å². The summed E-state index contributed by atoms with van der Waals surface area (Å²) < 4.78 is 18.6. The van der Waals surface area contributed by atoms with Crippen LogP contribution in [0.25, 0.3) is 10.8 Å². The summed E-state index contributed by atoms with van der Waals surface area (Å²) in [4.78, 5) is 3.88. The van der Waals surface area contributed by atoms with E-state index >= 15 is 0 Å². The van der Waals surface area contributed by atoms with E-state index in [0.29, 0.717) is 17.1 Å². The fourth-order valence-electron chi connectivity index (χ4n) is 1.40. The molecule has 0 aliphatic carbocycles. The molecular weight excluding hydrogens is 217 g/mol. The van der Waals surface area contributed by atoms with Gasteiger partial charge in [0.1, 0.15) is 5.15 Å². The number of aromatic nitrogens is 1. The van der Waals surface area contributed by atoms with Crippen LogP contribution in [0.5, 0.6) is 5.75 Å². The topological polar surface area (TPSA) is 22.1 Å². The van der Waals surface area contributed by atoms with Crippen molar-refractivity contribution in [1.29, 1.82) is 0 Å². The Morgan fingerprint density at radius 3 is 3.00 bits per heavy atom.